The molecule has 3 heterocycles. The van der Waals surface area contributed by atoms with E-state index < -0.39 is 42.8 Å². The fourth-order valence-corrected chi connectivity index (χ4v) is 6.49. The number of esters is 1. The van der Waals surface area contributed by atoms with Crippen LogP contribution in [0.25, 0.3) is 11.2 Å². The molecule has 16 heteroatoms. The molecule has 6 atom stereocenters. The highest BCUT2D eigenvalue weighted by Gasteiger charge is 2.56. The third-order valence-corrected chi connectivity index (χ3v) is 8.50. The lowest BCUT2D eigenvalue weighted by Crippen LogP contribution is -2.41. The van der Waals surface area contributed by atoms with E-state index in [1.54, 1.807) is 51.1 Å². The summed E-state index contributed by atoms with van der Waals surface area (Å²) in [7, 11) is 1.39. The van der Waals surface area contributed by atoms with E-state index in [2.05, 4.69) is 20.0 Å². The Kier molecular flexibility index (Phi) is 8.93. The zero-order valence-electron chi connectivity index (χ0n) is 22.6. The molecule has 3 unspecified atom stereocenters. The van der Waals surface area contributed by atoms with E-state index in [9.17, 15) is 9.90 Å². The Labute approximate surface area is 235 Å². The van der Waals surface area contributed by atoms with Gasteiger partial charge in [0.2, 0.25) is 11.8 Å². The first kappa shape index (κ1) is 30.0. The van der Waals surface area contributed by atoms with Crippen molar-refractivity contribution in [2.24, 2.45) is 0 Å². The number of nitrogens with zero attached hydrogens (tertiary/aromatic N) is 4. The van der Waals surface area contributed by atoms with Gasteiger partial charge in [-0.15, -0.1) is 0 Å². The molecule has 0 saturated carbocycles. The van der Waals surface area contributed by atoms with Gasteiger partial charge in [-0.05, 0) is 51.6 Å². The fraction of sp³-hybridized carbons (Fsp3) is 0.500. The van der Waals surface area contributed by atoms with Crippen LogP contribution in [0.2, 0.25) is 0 Å². The maximum Gasteiger partial charge on any atom is 0.323 e. The quantitative estimate of drug-likeness (QED) is 0.218. The molecule has 0 bridgehead atoms. The van der Waals surface area contributed by atoms with E-state index in [4.69, 9.17) is 40.8 Å². The number of hydrogen-bond acceptors (Lipinski definition) is 12. The number of carbonyl (C=O) groups excluding carboxylic acids is 1. The van der Waals surface area contributed by atoms with E-state index in [0.29, 0.717) is 5.75 Å². The van der Waals surface area contributed by atoms with E-state index in [1.165, 1.54) is 24.9 Å². The molecule has 1 saturated heterocycles. The van der Waals surface area contributed by atoms with Crippen LogP contribution in [-0.4, -0.2) is 74.3 Å². The van der Waals surface area contributed by atoms with E-state index in [1.807, 2.05) is 0 Å². The summed E-state index contributed by atoms with van der Waals surface area (Å²) in [6.45, 7) is 2.37. The van der Waals surface area contributed by atoms with Gasteiger partial charge in [-0.3, -0.25) is 9.36 Å². The lowest BCUT2D eigenvalue weighted by molar-refractivity contribution is -0.149. The second-order valence-corrected chi connectivity index (χ2v) is 12.7. The number of nitrogens with one attached hydrogen (secondary N) is 1. The van der Waals surface area contributed by atoms with Crippen molar-refractivity contribution in [1.29, 1.82) is 0 Å². The lowest BCUT2D eigenvalue weighted by Gasteiger charge is -2.28. The van der Waals surface area contributed by atoms with E-state index in [0.717, 1.165) is 0 Å². The molecular weight excluding hydrogens is 566 g/mol. The zero-order valence-corrected chi connectivity index (χ0v) is 24.3. The Morgan fingerprint density at radius 3 is 2.67 bits per heavy atom. The molecule has 2 aromatic heterocycles. The molecule has 13 nitrogen and oxygen atoms in total. The average Bonchev–Trinajstić information content (AvgIpc) is 3.40. The number of rotatable bonds is 11. The first-order valence-electron chi connectivity index (χ1n) is 12.4. The standard InChI is InChI=1S/C24H32FN6O7PS/c1-13(2)36-21(33)14(3)30-39(40,38-15-9-7-6-8-10-15)35-11-16-18(32)24(4,25)22(37-16)31-12-27-17-19(31)28-23(26)29-20(17)34-5/h6-10,12-14,16,18,22,32H,11H2,1-5H3,(H,30,40)(H2,26,28,29)/t14?,16-,18+,22-,24?,39?/m1/s1. The molecule has 0 amide bonds. The number of methoxy groups -OCH3 is 1. The van der Waals surface area contributed by atoms with Gasteiger partial charge >= 0.3 is 12.6 Å². The number of alkyl halides is 1. The number of anilines is 1. The number of imidazole rings is 1. The number of halogens is 1. The van der Waals surface area contributed by atoms with Crippen LogP contribution in [0.1, 0.15) is 33.9 Å². The number of carbonyl (C=O) groups is 1. The maximum absolute atomic E-state index is 16.0. The highest BCUT2D eigenvalue weighted by atomic mass is 32.5. The molecular formula is C24H32FN6O7PS. The van der Waals surface area contributed by atoms with Crippen molar-refractivity contribution in [2.75, 3.05) is 19.5 Å². The number of aliphatic hydroxyl groups is 1. The number of ether oxygens (including phenoxy) is 3. The summed E-state index contributed by atoms with van der Waals surface area (Å²) in [5.74, 6) is -0.170. The molecule has 0 aliphatic carbocycles. The van der Waals surface area contributed by atoms with Crippen molar-refractivity contribution in [3.05, 3.63) is 36.7 Å². The predicted molar refractivity (Wildman–Crippen MR) is 147 cm³/mol. The van der Waals surface area contributed by atoms with Crippen molar-refractivity contribution < 1.29 is 37.5 Å². The van der Waals surface area contributed by atoms with Crippen LogP contribution >= 0.6 is 6.64 Å². The van der Waals surface area contributed by atoms with E-state index >= 15 is 4.39 Å². The van der Waals surface area contributed by atoms with Crippen LogP contribution in [-0.2, 0) is 30.6 Å². The summed E-state index contributed by atoms with van der Waals surface area (Å²) in [6.07, 6.45) is -3.22. The summed E-state index contributed by atoms with van der Waals surface area (Å²) < 4.78 is 45.6. The SMILES string of the molecule is COc1nc(N)nc2c1ncn2[C@@H]1O[C@H](COP(=S)(NC(C)C(=O)OC(C)C)Oc2ccccc2)[C@H](O)C1(C)F. The van der Waals surface area contributed by atoms with Crippen LogP contribution in [0, 0.1) is 0 Å². The molecule has 40 heavy (non-hydrogen) atoms. The van der Waals surface area contributed by atoms with Crippen molar-refractivity contribution in [3.8, 4) is 11.6 Å². The minimum Gasteiger partial charge on any atom is -0.479 e. The van der Waals surface area contributed by atoms with Crippen molar-refractivity contribution in [3.63, 3.8) is 0 Å². The van der Waals surface area contributed by atoms with Crippen LogP contribution < -0.4 is 20.1 Å². The predicted octanol–water partition coefficient (Wildman–Crippen LogP) is 2.65. The number of aliphatic hydroxyl groups excluding tert-OH is 1. The monoisotopic (exact) mass is 598 g/mol. The van der Waals surface area contributed by atoms with Gasteiger partial charge in [-0.25, -0.2) is 14.5 Å². The van der Waals surface area contributed by atoms with Crippen molar-refractivity contribution >= 4 is 41.5 Å². The van der Waals surface area contributed by atoms with Crippen molar-refractivity contribution in [1.82, 2.24) is 24.6 Å². The Bertz CT molecular complexity index is 1390. The number of para-hydroxylation sites is 1. The van der Waals surface area contributed by atoms with Gasteiger partial charge in [0.25, 0.3) is 0 Å². The number of hydrogen-bond donors (Lipinski definition) is 3. The Balaban J connectivity index is 1.56. The first-order valence-corrected chi connectivity index (χ1v) is 15.0. The molecule has 3 aromatic rings. The number of nitrogens with two attached hydrogens (primary N) is 1. The molecule has 1 aliphatic heterocycles. The summed E-state index contributed by atoms with van der Waals surface area (Å²) >= 11 is 5.69. The normalized spacial score (nSPS) is 25.1. The molecule has 1 aromatic carbocycles. The number of aromatic nitrogens is 4. The van der Waals surface area contributed by atoms with Crippen LogP contribution in [0.3, 0.4) is 0 Å². The topological polar surface area (TPSA) is 165 Å². The second-order valence-electron chi connectivity index (χ2n) is 9.57. The van der Waals surface area contributed by atoms with Gasteiger partial charge in [0, 0.05) is 0 Å². The molecule has 4 N–H and O–H groups in total. The summed E-state index contributed by atoms with van der Waals surface area (Å²) in [5, 5.41) is 13.8. The van der Waals surface area contributed by atoms with Gasteiger partial charge in [0.15, 0.2) is 23.1 Å². The fourth-order valence-electron chi connectivity index (χ4n) is 4.08. The largest absolute Gasteiger partial charge is 0.479 e. The van der Waals surface area contributed by atoms with Crippen LogP contribution in [0.4, 0.5) is 10.3 Å². The molecule has 1 fully saturated rings. The first-order chi connectivity index (χ1) is 18.8. The van der Waals surface area contributed by atoms with Gasteiger partial charge in [0.05, 0.1) is 26.1 Å². The molecule has 218 valence electrons. The van der Waals surface area contributed by atoms with Crippen molar-refractivity contribution in [2.45, 2.75) is 63.9 Å². The average molecular weight is 599 g/mol. The number of fused-ring (bicyclic) bond motifs is 1. The number of benzene rings is 1. The zero-order chi connectivity index (χ0) is 29.2. The van der Waals surface area contributed by atoms with Gasteiger partial charge in [-0.2, -0.15) is 9.97 Å². The summed E-state index contributed by atoms with van der Waals surface area (Å²) in [5.41, 5.74) is 3.88. The Hall–Kier alpha value is -2.94. The molecule has 4 rings (SSSR count). The minimum atomic E-state index is -3.46. The minimum absolute atomic E-state index is 0.107. The maximum atomic E-state index is 16.0. The van der Waals surface area contributed by atoms with Gasteiger partial charge in [0.1, 0.15) is 24.0 Å². The van der Waals surface area contributed by atoms with E-state index in [-0.39, 0.29) is 35.7 Å². The summed E-state index contributed by atoms with van der Waals surface area (Å²) in [4.78, 5) is 24.8. The lowest BCUT2D eigenvalue weighted by atomic mass is 9.98. The van der Waals surface area contributed by atoms with Gasteiger partial charge in [-0.1, -0.05) is 18.2 Å². The molecule has 0 spiro atoms. The Morgan fingerprint density at radius 1 is 1.32 bits per heavy atom. The smallest absolute Gasteiger partial charge is 0.323 e. The number of nitrogen functional groups attached to an aromatic ring is 1. The highest BCUT2D eigenvalue weighted by molar-refractivity contribution is 8.09. The van der Waals surface area contributed by atoms with Crippen LogP contribution in [0.5, 0.6) is 11.6 Å². The highest BCUT2D eigenvalue weighted by Crippen LogP contribution is 2.48. The second kappa shape index (κ2) is 11.9. The summed E-state index contributed by atoms with van der Waals surface area (Å²) in [6, 6.07) is 7.74. The van der Waals surface area contributed by atoms with Gasteiger partial charge < -0.3 is 34.1 Å². The Morgan fingerprint density at radius 2 is 2.02 bits per heavy atom. The molecule has 0 radical (unpaired) electrons. The van der Waals surface area contributed by atoms with Crippen LogP contribution in [0.15, 0.2) is 36.7 Å². The molecule has 1 aliphatic rings. The third kappa shape index (κ3) is 6.35. The third-order valence-electron chi connectivity index (χ3n) is 6.00.